The predicted octanol–water partition coefficient (Wildman–Crippen LogP) is 1.75. The van der Waals surface area contributed by atoms with Gasteiger partial charge in [-0.3, -0.25) is 0 Å². The van der Waals surface area contributed by atoms with Gasteiger partial charge in [-0.15, -0.1) is 17.5 Å². The fourth-order valence-electron chi connectivity index (χ4n) is 0.434. The first-order valence-corrected chi connectivity index (χ1v) is 6.83. The summed E-state index contributed by atoms with van der Waals surface area (Å²) in [6.45, 7) is 3.61. The summed E-state index contributed by atoms with van der Waals surface area (Å²) in [6.07, 6.45) is 1.72. The van der Waals surface area contributed by atoms with Crippen molar-refractivity contribution in [3.05, 3.63) is 0 Å². The molecule has 0 heterocycles. The van der Waals surface area contributed by atoms with Crippen molar-refractivity contribution in [2.45, 2.75) is 25.9 Å². The number of hydrogen-bond acceptors (Lipinski definition) is 1. The van der Waals surface area contributed by atoms with Crippen molar-refractivity contribution >= 4 is 19.9 Å². The molecule has 0 aromatic rings. The lowest BCUT2D eigenvalue weighted by molar-refractivity contribution is 0.570. The topological polar surface area (TPSA) is 20.2 Å². The molecule has 0 rings (SSSR count). The van der Waals surface area contributed by atoms with Gasteiger partial charge in [0.15, 0.2) is 0 Å². The summed E-state index contributed by atoms with van der Waals surface area (Å²) < 4.78 is 0. The fourth-order valence-corrected chi connectivity index (χ4v) is 1.13. The molecule has 0 fully saturated rings. The molecule has 58 valence electrons. The minimum absolute atomic E-state index is 0.655. The van der Waals surface area contributed by atoms with Gasteiger partial charge >= 0.3 is 0 Å². The Kier molecular flexibility index (Phi) is 4.80. The van der Waals surface area contributed by atoms with E-state index in [4.69, 9.17) is 11.6 Å². The van der Waals surface area contributed by atoms with Crippen LogP contribution in [0.25, 0.3) is 0 Å². The van der Waals surface area contributed by atoms with Crippen LogP contribution in [0.4, 0.5) is 0 Å². The lowest BCUT2D eigenvalue weighted by Crippen LogP contribution is -2.22. The highest BCUT2D eigenvalue weighted by Crippen LogP contribution is 1.93. The van der Waals surface area contributed by atoms with Crippen molar-refractivity contribution in [3.63, 3.8) is 0 Å². The number of alkyl halides is 1. The molecule has 0 aromatic carbocycles. The smallest absolute Gasteiger partial charge is 0.263 e. The van der Waals surface area contributed by atoms with Crippen LogP contribution in [0.5, 0.6) is 0 Å². The summed E-state index contributed by atoms with van der Waals surface area (Å²) in [5.41, 5.74) is 2.84. The minimum Gasteiger partial charge on any atom is -0.422 e. The zero-order valence-electron chi connectivity index (χ0n) is 6.45. The minimum atomic E-state index is -2.11. The summed E-state index contributed by atoms with van der Waals surface area (Å²) in [4.78, 5) is 9.25. The molecule has 0 saturated carbocycles. The third-order valence-electron chi connectivity index (χ3n) is 0.830. The van der Waals surface area contributed by atoms with E-state index in [1.807, 2.05) is 0 Å². The SMILES string of the molecule is C[Si](C)(O)C#CCCCCl. The van der Waals surface area contributed by atoms with E-state index in [1.165, 1.54) is 0 Å². The Morgan fingerprint density at radius 1 is 1.50 bits per heavy atom. The van der Waals surface area contributed by atoms with Crippen LogP contribution in [0, 0.1) is 11.5 Å². The van der Waals surface area contributed by atoms with Gasteiger partial charge < -0.3 is 4.80 Å². The molecule has 1 N–H and O–H groups in total. The maximum absolute atomic E-state index is 9.25. The predicted molar refractivity (Wildman–Crippen MR) is 47.4 cm³/mol. The number of hydrogen-bond donors (Lipinski definition) is 1. The lowest BCUT2D eigenvalue weighted by Gasteiger charge is -2.00. The highest BCUT2D eigenvalue weighted by molar-refractivity contribution is 6.78. The van der Waals surface area contributed by atoms with Gasteiger partial charge in [-0.1, -0.05) is 5.54 Å². The van der Waals surface area contributed by atoms with Gasteiger partial charge in [0.25, 0.3) is 8.32 Å². The van der Waals surface area contributed by atoms with Gasteiger partial charge in [0, 0.05) is 12.3 Å². The number of halogens is 1. The third-order valence-corrected chi connectivity index (χ3v) is 1.89. The van der Waals surface area contributed by atoms with Crippen molar-refractivity contribution in [1.29, 1.82) is 0 Å². The average molecular weight is 177 g/mol. The lowest BCUT2D eigenvalue weighted by atomic mass is 10.4. The van der Waals surface area contributed by atoms with E-state index in [1.54, 1.807) is 13.1 Å². The van der Waals surface area contributed by atoms with Gasteiger partial charge in [-0.2, -0.15) is 0 Å². The molecule has 10 heavy (non-hydrogen) atoms. The molecule has 0 aliphatic rings. The molecule has 0 aliphatic carbocycles. The van der Waals surface area contributed by atoms with E-state index in [-0.39, 0.29) is 0 Å². The largest absolute Gasteiger partial charge is 0.422 e. The van der Waals surface area contributed by atoms with E-state index < -0.39 is 8.32 Å². The molecule has 0 radical (unpaired) electrons. The van der Waals surface area contributed by atoms with Crippen LogP contribution in [0.1, 0.15) is 12.8 Å². The molecule has 0 amide bonds. The molecule has 0 atom stereocenters. The van der Waals surface area contributed by atoms with Gasteiger partial charge in [0.1, 0.15) is 0 Å². The Hall–Kier alpha value is 0.0269. The van der Waals surface area contributed by atoms with Crippen molar-refractivity contribution in [1.82, 2.24) is 0 Å². The molecule has 1 nitrogen and oxygen atoms in total. The van der Waals surface area contributed by atoms with Crippen LogP contribution >= 0.6 is 11.6 Å². The maximum atomic E-state index is 9.25. The maximum Gasteiger partial charge on any atom is 0.263 e. The summed E-state index contributed by atoms with van der Waals surface area (Å²) in [7, 11) is -2.11. The molecular formula is C7H13ClOSi. The molecule has 0 aromatic heterocycles. The third kappa shape index (κ3) is 8.03. The van der Waals surface area contributed by atoms with Crippen LogP contribution in [-0.2, 0) is 0 Å². The van der Waals surface area contributed by atoms with Crippen molar-refractivity contribution in [2.75, 3.05) is 5.88 Å². The zero-order valence-corrected chi connectivity index (χ0v) is 8.20. The Morgan fingerprint density at radius 2 is 2.10 bits per heavy atom. The van der Waals surface area contributed by atoms with Crippen LogP contribution < -0.4 is 0 Å². The fraction of sp³-hybridized carbons (Fsp3) is 0.714. The molecule has 0 unspecified atom stereocenters. The molecular weight excluding hydrogens is 164 g/mol. The van der Waals surface area contributed by atoms with E-state index in [9.17, 15) is 4.80 Å². The van der Waals surface area contributed by atoms with E-state index in [0.717, 1.165) is 12.8 Å². The molecule has 0 aliphatic heterocycles. The number of rotatable bonds is 2. The van der Waals surface area contributed by atoms with Crippen LogP contribution in [-0.4, -0.2) is 19.0 Å². The normalized spacial score (nSPS) is 10.4. The standard InChI is InChI=1S/C7H13ClOSi/c1-10(2,9)7-5-3-4-6-8/h9H,3-4,6H2,1-2H3. The van der Waals surface area contributed by atoms with Gasteiger partial charge in [-0.05, 0) is 19.5 Å². The van der Waals surface area contributed by atoms with Crippen LogP contribution in [0.3, 0.4) is 0 Å². The molecule has 0 saturated heterocycles. The Morgan fingerprint density at radius 3 is 2.50 bits per heavy atom. The average Bonchev–Trinajstić information content (AvgIpc) is 1.78. The van der Waals surface area contributed by atoms with E-state index in [0.29, 0.717) is 5.88 Å². The van der Waals surface area contributed by atoms with Crippen molar-refractivity contribution < 1.29 is 4.80 Å². The molecule has 3 heteroatoms. The van der Waals surface area contributed by atoms with Crippen molar-refractivity contribution in [3.8, 4) is 11.5 Å². The summed E-state index contributed by atoms with van der Waals surface area (Å²) >= 11 is 5.43. The Balaban J connectivity index is 3.50. The quantitative estimate of drug-likeness (QED) is 0.294. The van der Waals surface area contributed by atoms with Crippen LogP contribution in [0.2, 0.25) is 13.1 Å². The first-order chi connectivity index (χ1) is 4.56. The zero-order chi connectivity index (χ0) is 8.04. The second-order valence-corrected chi connectivity index (χ2v) is 6.40. The monoisotopic (exact) mass is 176 g/mol. The van der Waals surface area contributed by atoms with E-state index in [2.05, 4.69) is 11.5 Å². The van der Waals surface area contributed by atoms with Gasteiger partial charge in [0.05, 0.1) is 0 Å². The van der Waals surface area contributed by atoms with Crippen molar-refractivity contribution in [2.24, 2.45) is 0 Å². The molecule has 0 bridgehead atoms. The van der Waals surface area contributed by atoms with Gasteiger partial charge in [0.2, 0.25) is 0 Å². The summed E-state index contributed by atoms with van der Waals surface area (Å²) in [6, 6.07) is 0. The molecule has 0 spiro atoms. The number of unbranched alkanes of at least 4 members (excludes halogenated alkanes) is 1. The second kappa shape index (κ2) is 4.78. The highest BCUT2D eigenvalue weighted by atomic mass is 35.5. The first kappa shape index (κ1) is 10.0. The summed E-state index contributed by atoms with van der Waals surface area (Å²) in [5, 5.41) is 0. The Bertz CT molecular complexity index is 140. The first-order valence-electron chi connectivity index (χ1n) is 3.34. The summed E-state index contributed by atoms with van der Waals surface area (Å²) in [5.74, 6) is 3.56. The second-order valence-electron chi connectivity index (χ2n) is 2.65. The van der Waals surface area contributed by atoms with Gasteiger partial charge in [-0.25, -0.2) is 0 Å². The van der Waals surface area contributed by atoms with Crippen LogP contribution in [0.15, 0.2) is 0 Å². The highest BCUT2D eigenvalue weighted by Gasteiger charge is 2.10. The van der Waals surface area contributed by atoms with E-state index >= 15 is 0 Å². The Labute approximate surface area is 68.5 Å².